The molecule has 0 fully saturated rings. The van der Waals surface area contributed by atoms with Gasteiger partial charge in [0, 0.05) is 17.1 Å². The van der Waals surface area contributed by atoms with Gasteiger partial charge in [-0.05, 0) is 36.1 Å². The Labute approximate surface area is 171 Å². The summed E-state index contributed by atoms with van der Waals surface area (Å²) in [5.41, 5.74) is -0.700. The Hall–Kier alpha value is -2.11. The summed E-state index contributed by atoms with van der Waals surface area (Å²) in [6.07, 6.45) is -3.56. The van der Waals surface area contributed by atoms with E-state index in [4.69, 9.17) is 0 Å². The molecule has 0 spiro atoms. The lowest BCUT2D eigenvalue weighted by Gasteiger charge is -2.09. The van der Waals surface area contributed by atoms with Gasteiger partial charge in [-0.2, -0.15) is 13.2 Å². The van der Waals surface area contributed by atoms with Crippen LogP contribution in [0.5, 0.6) is 0 Å². The van der Waals surface area contributed by atoms with E-state index in [2.05, 4.69) is 26.9 Å². The van der Waals surface area contributed by atoms with Crippen molar-refractivity contribution in [3.8, 4) is 0 Å². The van der Waals surface area contributed by atoms with Crippen molar-refractivity contribution >= 4 is 51.2 Å². The molecule has 2 aromatic heterocycles. The van der Waals surface area contributed by atoms with E-state index in [1.165, 1.54) is 40.1 Å². The van der Waals surface area contributed by atoms with Crippen LogP contribution in [-0.4, -0.2) is 28.4 Å². The first kappa shape index (κ1) is 20.6. The van der Waals surface area contributed by atoms with E-state index in [-0.39, 0.29) is 11.4 Å². The molecule has 0 atom stereocenters. The molecule has 0 radical (unpaired) electrons. The Bertz CT molecular complexity index is 913. The number of benzene rings is 1. The van der Waals surface area contributed by atoms with Gasteiger partial charge in [0.2, 0.25) is 11.0 Å². The molecule has 28 heavy (non-hydrogen) atoms. The number of halogens is 3. The Morgan fingerprint density at radius 2 is 2.04 bits per heavy atom. The SMILES string of the molecule is O=C(CSc1nnc(NCCc2cccs2)s1)Nc1cccc(C(F)(F)F)c1. The first-order valence-electron chi connectivity index (χ1n) is 8.10. The minimum atomic E-state index is -4.45. The molecule has 0 bridgehead atoms. The third-order valence-electron chi connectivity index (χ3n) is 3.43. The molecule has 148 valence electrons. The molecule has 0 unspecified atom stereocenters. The summed E-state index contributed by atoms with van der Waals surface area (Å²) in [7, 11) is 0. The van der Waals surface area contributed by atoms with E-state index in [1.54, 1.807) is 11.3 Å². The monoisotopic (exact) mass is 444 g/mol. The molecule has 2 N–H and O–H groups in total. The van der Waals surface area contributed by atoms with Crippen molar-refractivity contribution in [2.24, 2.45) is 0 Å². The van der Waals surface area contributed by atoms with Crippen LogP contribution in [0.3, 0.4) is 0 Å². The molecule has 0 aliphatic rings. The van der Waals surface area contributed by atoms with Crippen molar-refractivity contribution in [3.05, 3.63) is 52.2 Å². The van der Waals surface area contributed by atoms with E-state index in [1.807, 2.05) is 11.4 Å². The van der Waals surface area contributed by atoms with E-state index >= 15 is 0 Å². The maximum atomic E-state index is 12.7. The number of rotatable bonds is 8. The molecule has 5 nitrogen and oxygen atoms in total. The van der Waals surface area contributed by atoms with Crippen molar-refractivity contribution < 1.29 is 18.0 Å². The van der Waals surface area contributed by atoms with Crippen LogP contribution >= 0.6 is 34.4 Å². The zero-order chi connectivity index (χ0) is 20.0. The normalized spacial score (nSPS) is 11.4. The van der Waals surface area contributed by atoms with E-state index in [0.717, 1.165) is 25.1 Å². The summed E-state index contributed by atoms with van der Waals surface area (Å²) in [6, 6.07) is 8.60. The van der Waals surface area contributed by atoms with Gasteiger partial charge in [0.05, 0.1) is 11.3 Å². The number of hydrogen-bond acceptors (Lipinski definition) is 7. The molecule has 2 heterocycles. The summed E-state index contributed by atoms with van der Waals surface area (Å²) in [6.45, 7) is 0.732. The van der Waals surface area contributed by atoms with Crippen molar-refractivity contribution in [1.29, 1.82) is 0 Å². The molecule has 1 aromatic carbocycles. The Kier molecular flexibility index (Phi) is 6.92. The van der Waals surface area contributed by atoms with Crippen LogP contribution in [0.1, 0.15) is 10.4 Å². The number of carbonyl (C=O) groups is 1. The number of aromatic nitrogens is 2. The molecule has 0 aliphatic carbocycles. The maximum Gasteiger partial charge on any atom is 0.416 e. The summed E-state index contributed by atoms with van der Waals surface area (Å²) in [5.74, 6) is -0.383. The summed E-state index contributed by atoms with van der Waals surface area (Å²) >= 11 is 4.20. The quantitative estimate of drug-likeness (QED) is 0.479. The van der Waals surface area contributed by atoms with Crippen LogP contribution in [0.25, 0.3) is 0 Å². The van der Waals surface area contributed by atoms with Gasteiger partial charge in [0.25, 0.3) is 0 Å². The Morgan fingerprint density at radius 3 is 2.79 bits per heavy atom. The molecular formula is C17H15F3N4OS3. The maximum absolute atomic E-state index is 12.7. The molecule has 1 amide bonds. The zero-order valence-electron chi connectivity index (χ0n) is 14.3. The molecule has 0 saturated heterocycles. The van der Waals surface area contributed by atoms with Gasteiger partial charge < -0.3 is 10.6 Å². The number of amides is 1. The lowest BCUT2D eigenvalue weighted by Crippen LogP contribution is -2.15. The van der Waals surface area contributed by atoms with E-state index in [9.17, 15) is 18.0 Å². The summed E-state index contributed by atoms with van der Waals surface area (Å²) < 4.78 is 38.7. The number of anilines is 2. The molecule has 3 rings (SSSR count). The first-order valence-corrected chi connectivity index (χ1v) is 10.8. The number of alkyl halides is 3. The molecule has 3 aromatic rings. The van der Waals surface area contributed by atoms with Crippen molar-refractivity contribution in [2.45, 2.75) is 16.9 Å². The van der Waals surface area contributed by atoms with Crippen molar-refractivity contribution in [2.75, 3.05) is 22.9 Å². The number of nitrogens with zero attached hydrogens (tertiary/aromatic N) is 2. The average molecular weight is 445 g/mol. The number of thiophene rings is 1. The molecular weight excluding hydrogens is 429 g/mol. The number of hydrogen-bond donors (Lipinski definition) is 2. The smallest absolute Gasteiger partial charge is 0.360 e. The van der Waals surface area contributed by atoms with Crippen molar-refractivity contribution in [1.82, 2.24) is 10.2 Å². The minimum Gasteiger partial charge on any atom is -0.360 e. The van der Waals surface area contributed by atoms with Crippen LogP contribution in [-0.2, 0) is 17.4 Å². The largest absolute Gasteiger partial charge is 0.416 e. The van der Waals surface area contributed by atoms with Crippen LogP contribution in [0.4, 0.5) is 24.0 Å². The third kappa shape index (κ3) is 6.21. The van der Waals surface area contributed by atoms with Crippen LogP contribution in [0.15, 0.2) is 46.1 Å². The van der Waals surface area contributed by atoms with Crippen LogP contribution in [0.2, 0.25) is 0 Å². The Balaban J connectivity index is 1.44. The standard InChI is InChI=1S/C17H15F3N4OS3/c18-17(19,20)11-3-1-4-12(9-11)22-14(25)10-27-16-24-23-15(28-16)21-7-6-13-5-2-8-26-13/h1-5,8-9H,6-7,10H2,(H,21,23)(H,22,25). The van der Waals surface area contributed by atoms with Gasteiger partial charge in [-0.1, -0.05) is 35.2 Å². The Morgan fingerprint density at radius 1 is 1.18 bits per heavy atom. The average Bonchev–Trinajstić information content (AvgIpc) is 3.32. The third-order valence-corrected chi connectivity index (χ3v) is 6.39. The zero-order valence-corrected chi connectivity index (χ0v) is 16.8. The minimum absolute atomic E-state index is 0.0279. The second-order valence-corrected chi connectivity index (χ2v) is 8.78. The number of carbonyl (C=O) groups excluding carboxylic acids is 1. The van der Waals surface area contributed by atoms with Gasteiger partial charge in [-0.3, -0.25) is 4.79 Å². The van der Waals surface area contributed by atoms with Gasteiger partial charge >= 0.3 is 6.18 Å². The second kappa shape index (κ2) is 9.39. The van der Waals surface area contributed by atoms with Crippen molar-refractivity contribution in [3.63, 3.8) is 0 Å². The van der Waals surface area contributed by atoms with Gasteiger partial charge in [0.15, 0.2) is 4.34 Å². The topological polar surface area (TPSA) is 66.9 Å². The number of nitrogens with one attached hydrogen (secondary N) is 2. The second-order valence-electron chi connectivity index (χ2n) is 5.54. The lowest BCUT2D eigenvalue weighted by molar-refractivity contribution is -0.137. The lowest BCUT2D eigenvalue weighted by atomic mass is 10.2. The van der Waals surface area contributed by atoms with Crippen LogP contribution < -0.4 is 10.6 Å². The van der Waals surface area contributed by atoms with Crippen LogP contribution in [0, 0.1) is 0 Å². The van der Waals surface area contributed by atoms with E-state index < -0.39 is 17.6 Å². The fourth-order valence-electron chi connectivity index (χ4n) is 2.18. The number of thioether (sulfide) groups is 1. The highest BCUT2D eigenvalue weighted by atomic mass is 32.2. The highest BCUT2D eigenvalue weighted by Gasteiger charge is 2.30. The fourth-order valence-corrected chi connectivity index (χ4v) is 4.47. The first-order chi connectivity index (χ1) is 13.4. The summed E-state index contributed by atoms with van der Waals surface area (Å²) in [4.78, 5) is 13.3. The highest BCUT2D eigenvalue weighted by Crippen LogP contribution is 2.31. The predicted molar refractivity (Wildman–Crippen MR) is 107 cm³/mol. The highest BCUT2D eigenvalue weighted by molar-refractivity contribution is 8.01. The predicted octanol–water partition coefficient (Wildman–Crippen LogP) is 5.00. The van der Waals surface area contributed by atoms with Gasteiger partial charge in [0.1, 0.15) is 0 Å². The molecule has 11 heteroatoms. The summed E-state index contributed by atoms with van der Waals surface area (Å²) in [5, 5.41) is 16.4. The molecule has 0 aliphatic heterocycles. The van der Waals surface area contributed by atoms with E-state index in [0.29, 0.717) is 9.47 Å². The van der Waals surface area contributed by atoms with Gasteiger partial charge in [-0.25, -0.2) is 0 Å². The van der Waals surface area contributed by atoms with Gasteiger partial charge in [-0.15, -0.1) is 21.5 Å². The molecule has 0 saturated carbocycles. The fraction of sp³-hybridized carbons (Fsp3) is 0.235.